The highest BCUT2D eigenvalue weighted by atomic mass is 79.9. The van der Waals surface area contributed by atoms with E-state index < -0.39 is 0 Å². The first kappa shape index (κ1) is 15.5. The summed E-state index contributed by atoms with van der Waals surface area (Å²) in [6.07, 6.45) is 1.42. The molecular formula is C15H23BrO2. The molecule has 0 heterocycles. The van der Waals surface area contributed by atoms with Gasteiger partial charge in [0.2, 0.25) is 0 Å². The van der Waals surface area contributed by atoms with Gasteiger partial charge in [0.25, 0.3) is 0 Å². The molecule has 0 aliphatic heterocycles. The van der Waals surface area contributed by atoms with Crippen LogP contribution >= 0.6 is 15.9 Å². The van der Waals surface area contributed by atoms with Crippen LogP contribution in [0, 0.1) is 5.92 Å². The van der Waals surface area contributed by atoms with Crippen LogP contribution in [0.25, 0.3) is 0 Å². The van der Waals surface area contributed by atoms with E-state index in [2.05, 4.69) is 42.8 Å². The van der Waals surface area contributed by atoms with Crippen molar-refractivity contribution in [1.29, 1.82) is 0 Å². The van der Waals surface area contributed by atoms with Crippen LogP contribution in [-0.4, -0.2) is 18.5 Å². The Labute approximate surface area is 119 Å². The van der Waals surface area contributed by atoms with E-state index in [1.807, 2.05) is 18.2 Å². The molecule has 1 rings (SSSR count). The van der Waals surface area contributed by atoms with Crippen LogP contribution in [0.3, 0.4) is 0 Å². The smallest absolute Gasteiger partial charge is 0.119 e. The van der Waals surface area contributed by atoms with Gasteiger partial charge in [-0.1, -0.05) is 41.9 Å². The normalized spacial score (nSPS) is 14.6. The van der Waals surface area contributed by atoms with E-state index in [9.17, 15) is 0 Å². The number of ether oxygens (including phenoxy) is 2. The van der Waals surface area contributed by atoms with E-state index in [4.69, 9.17) is 9.47 Å². The highest BCUT2D eigenvalue weighted by Crippen LogP contribution is 2.26. The number of hydrogen-bond donors (Lipinski definition) is 0. The summed E-state index contributed by atoms with van der Waals surface area (Å²) in [5.41, 5.74) is 1.15. The van der Waals surface area contributed by atoms with E-state index in [0.29, 0.717) is 5.92 Å². The van der Waals surface area contributed by atoms with Crippen LogP contribution in [0.2, 0.25) is 0 Å². The lowest BCUT2D eigenvalue weighted by Crippen LogP contribution is -2.16. The van der Waals surface area contributed by atoms with E-state index in [-0.39, 0.29) is 12.2 Å². The molecule has 3 heteroatoms. The molecule has 0 aliphatic carbocycles. The van der Waals surface area contributed by atoms with Gasteiger partial charge in [0, 0.05) is 5.33 Å². The molecule has 0 aliphatic rings. The van der Waals surface area contributed by atoms with Gasteiger partial charge in [0.15, 0.2) is 0 Å². The van der Waals surface area contributed by atoms with Crippen molar-refractivity contribution < 1.29 is 9.47 Å². The summed E-state index contributed by atoms with van der Waals surface area (Å²) in [6, 6.07) is 8.07. The Balaban J connectivity index is 2.70. The molecule has 2 nitrogen and oxygen atoms in total. The maximum Gasteiger partial charge on any atom is 0.119 e. The second-order valence-electron chi connectivity index (χ2n) is 5.00. The van der Waals surface area contributed by atoms with E-state index in [1.165, 1.54) is 0 Å². The number of methoxy groups -OCH3 is 1. The predicted molar refractivity (Wildman–Crippen MR) is 79.5 cm³/mol. The third kappa shape index (κ3) is 4.99. The molecule has 0 aromatic heterocycles. The second-order valence-corrected chi connectivity index (χ2v) is 5.64. The van der Waals surface area contributed by atoms with Gasteiger partial charge in [-0.15, -0.1) is 0 Å². The summed E-state index contributed by atoms with van der Waals surface area (Å²) in [5, 5.41) is 0.794. The number of halogens is 1. The predicted octanol–water partition coefficient (Wildman–Crippen LogP) is 4.58. The SMILES string of the molecule is COc1cccc(C(CBr)OC(C)CC(C)C)c1. The molecule has 0 saturated heterocycles. The van der Waals surface area contributed by atoms with E-state index in [1.54, 1.807) is 7.11 Å². The Kier molecular flexibility index (Phi) is 6.72. The fourth-order valence-corrected chi connectivity index (χ4v) is 2.57. The van der Waals surface area contributed by atoms with Crippen LogP contribution in [0.15, 0.2) is 24.3 Å². The quantitative estimate of drug-likeness (QED) is 0.686. The average molecular weight is 315 g/mol. The van der Waals surface area contributed by atoms with Crippen LogP contribution < -0.4 is 4.74 Å². The Morgan fingerprint density at radius 2 is 1.94 bits per heavy atom. The van der Waals surface area contributed by atoms with Gasteiger partial charge >= 0.3 is 0 Å². The van der Waals surface area contributed by atoms with Crippen LogP contribution in [0.4, 0.5) is 0 Å². The molecule has 2 atom stereocenters. The third-order valence-electron chi connectivity index (χ3n) is 2.81. The molecule has 0 amide bonds. The fourth-order valence-electron chi connectivity index (χ4n) is 2.05. The van der Waals surface area contributed by atoms with Crippen LogP contribution in [-0.2, 0) is 4.74 Å². The molecule has 18 heavy (non-hydrogen) atoms. The summed E-state index contributed by atoms with van der Waals surface area (Å²) in [6.45, 7) is 6.57. The maximum atomic E-state index is 6.09. The minimum atomic E-state index is 0.0776. The maximum absolute atomic E-state index is 6.09. The van der Waals surface area contributed by atoms with Gasteiger partial charge in [0.1, 0.15) is 5.75 Å². The van der Waals surface area contributed by atoms with Crippen molar-refractivity contribution in [2.75, 3.05) is 12.4 Å². The second kappa shape index (κ2) is 7.80. The van der Waals surface area contributed by atoms with Gasteiger partial charge < -0.3 is 9.47 Å². The molecule has 0 N–H and O–H groups in total. The minimum absolute atomic E-state index is 0.0776. The molecule has 1 aromatic rings. The molecule has 0 spiro atoms. The number of hydrogen-bond acceptors (Lipinski definition) is 2. The molecule has 0 saturated carbocycles. The topological polar surface area (TPSA) is 18.5 Å². The van der Waals surface area contributed by atoms with Crippen molar-refractivity contribution >= 4 is 15.9 Å². The summed E-state index contributed by atoms with van der Waals surface area (Å²) < 4.78 is 11.3. The van der Waals surface area contributed by atoms with Gasteiger partial charge in [-0.05, 0) is 37.0 Å². The van der Waals surface area contributed by atoms with Gasteiger partial charge in [-0.2, -0.15) is 0 Å². The first-order chi connectivity index (χ1) is 8.56. The van der Waals surface area contributed by atoms with Crippen LogP contribution in [0.5, 0.6) is 5.75 Å². The molecule has 0 fully saturated rings. The van der Waals surface area contributed by atoms with Gasteiger partial charge in [-0.25, -0.2) is 0 Å². The molecule has 0 bridgehead atoms. The highest BCUT2D eigenvalue weighted by Gasteiger charge is 2.16. The van der Waals surface area contributed by atoms with Crippen molar-refractivity contribution in [3.63, 3.8) is 0 Å². The summed E-state index contributed by atoms with van der Waals surface area (Å²) >= 11 is 3.53. The van der Waals surface area contributed by atoms with Crippen molar-refractivity contribution in [1.82, 2.24) is 0 Å². The largest absolute Gasteiger partial charge is 0.497 e. The Bertz CT molecular complexity index is 352. The lowest BCUT2D eigenvalue weighted by Gasteiger charge is -2.22. The highest BCUT2D eigenvalue weighted by molar-refractivity contribution is 9.09. The zero-order valence-electron chi connectivity index (χ0n) is 11.7. The fraction of sp³-hybridized carbons (Fsp3) is 0.600. The summed E-state index contributed by atoms with van der Waals surface area (Å²) in [5.74, 6) is 1.53. The standard InChI is InChI=1S/C15H23BrO2/c1-11(2)8-12(3)18-15(10-16)13-6-5-7-14(9-13)17-4/h5-7,9,11-12,15H,8,10H2,1-4H3. The Hall–Kier alpha value is -0.540. The molecule has 102 valence electrons. The van der Waals surface area contributed by atoms with Crippen molar-refractivity contribution in [3.05, 3.63) is 29.8 Å². The molecular weight excluding hydrogens is 292 g/mol. The zero-order chi connectivity index (χ0) is 13.5. The minimum Gasteiger partial charge on any atom is -0.497 e. The lowest BCUT2D eigenvalue weighted by molar-refractivity contribution is -0.0000946. The third-order valence-corrected chi connectivity index (χ3v) is 3.39. The number of rotatable bonds is 7. The molecule has 2 unspecified atom stereocenters. The molecule has 0 radical (unpaired) electrons. The van der Waals surface area contributed by atoms with Crippen molar-refractivity contribution in [2.45, 2.75) is 39.4 Å². The zero-order valence-corrected chi connectivity index (χ0v) is 13.2. The monoisotopic (exact) mass is 314 g/mol. The summed E-state index contributed by atoms with van der Waals surface area (Å²) in [4.78, 5) is 0. The van der Waals surface area contributed by atoms with E-state index in [0.717, 1.165) is 23.1 Å². The van der Waals surface area contributed by atoms with Crippen LogP contribution in [0.1, 0.15) is 38.9 Å². The number of benzene rings is 1. The van der Waals surface area contributed by atoms with Gasteiger partial charge in [-0.3, -0.25) is 0 Å². The summed E-state index contributed by atoms with van der Waals surface area (Å²) in [7, 11) is 1.69. The van der Waals surface area contributed by atoms with Crippen molar-refractivity contribution in [3.8, 4) is 5.75 Å². The number of alkyl halides is 1. The van der Waals surface area contributed by atoms with Crippen molar-refractivity contribution in [2.24, 2.45) is 5.92 Å². The molecule has 1 aromatic carbocycles. The Morgan fingerprint density at radius 1 is 1.22 bits per heavy atom. The average Bonchev–Trinajstić information content (AvgIpc) is 2.35. The van der Waals surface area contributed by atoms with Gasteiger partial charge in [0.05, 0.1) is 19.3 Å². The lowest BCUT2D eigenvalue weighted by atomic mass is 10.1. The Morgan fingerprint density at radius 3 is 2.50 bits per heavy atom. The first-order valence-electron chi connectivity index (χ1n) is 6.42. The van der Waals surface area contributed by atoms with E-state index >= 15 is 0 Å². The first-order valence-corrected chi connectivity index (χ1v) is 7.54.